The minimum Gasteiger partial charge on any atom is -0.456 e. The number of hydrogen-bond acceptors (Lipinski definition) is 4. The lowest BCUT2D eigenvalue weighted by molar-refractivity contribution is 0.669. The van der Waals surface area contributed by atoms with Gasteiger partial charge in [-0.2, -0.15) is 0 Å². The summed E-state index contributed by atoms with van der Waals surface area (Å²) < 4.78 is 78.3. The maximum Gasteiger partial charge on any atom is 0.164 e. The van der Waals surface area contributed by atoms with Crippen LogP contribution in [0.2, 0.25) is 0 Å². The Morgan fingerprint density at radius 3 is 1.60 bits per heavy atom. The van der Waals surface area contributed by atoms with Crippen molar-refractivity contribution in [2.24, 2.45) is 0 Å². The fourth-order valence-electron chi connectivity index (χ4n) is 6.67. The lowest BCUT2D eigenvalue weighted by Gasteiger charge is -2.12. The molecule has 0 aliphatic rings. The van der Waals surface area contributed by atoms with Crippen molar-refractivity contribution in [3.05, 3.63) is 170 Å². The molecule has 5 nitrogen and oxygen atoms in total. The fourth-order valence-corrected chi connectivity index (χ4v) is 6.67. The Labute approximate surface area is 299 Å². The molecule has 3 heterocycles. The first-order valence-corrected chi connectivity index (χ1v) is 16.1. The van der Waals surface area contributed by atoms with E-state index >= 15 is 0 Å². The first-order chi connectivity index (χ1) is 28.1. The zero-order valence-corrected chi connectivity index (χ0v) is 26.2. The van der Waals surface area contributed by atoms with Gasteiger partial charge in [-0.15, -0.1) is 0 Å². The predicted molar refractivity (Wildman–Crippen MR) is 203 cm³/mol. The molecule has 0 spiro atoms. The van der Waals surface area contributed by atoms with Crippen LogP contribution in [0.1, 0.15) is 11.0 Å². The maximum atomic E-state index is 9.10. The maximum absolute atomic E-state index is 9.10. The Hall–Kier alpha value is -6.85. The minimum absolute atomic E-state index is 0.00841. The van der Waals surface area contributed by atoms with Crippen LogP contribution in [0, 0.1) is 0 Å². The number of hydrogen-bond donors (Lipinski definition) is 0. The van der Waals surface area contributed by atoms with E-state index in [9.17, 15) is 0 Å². The highest BCUT2D eigenvalue weighted by Crippen LogP contribution is 2.42. The molecule has 0 bridgehead atoms. The van der Waals surface area contributed by atoms with Gasteiger partial charge in [0.2, 0.25) is 0 Å². The summed E-state index contributed by atoms with van der Waals surface area (Å²) in [5.74, 6) is 1.25. The van der Waals surface area contributed by atoms with Gasteiger partial charge in [0, 0.05) is 32.8 Å². The third-order valence-corrected chi connectivity index (χ3v) is 8.93. The summed E-state index contributed by atoms with van der Waals surface area (Å²) in [5, 5.41) is 1.11. The molecule has 10 rings (SSSR count). The summed E-state index contributed by atoms with van der Waals surface area (Å²) in [6.07, 6.45) is 0. The zero-order valence-electron chi connectivity index (χ0n) is 34.2. The molecule has 0 fully saturated rings. The van der Waals surface area contributed by atoms with Gasteiger partial charge < -0.3 is 8.98 Å². The molecule has 3 aromatic heterocycles. The van der Waals surface area contributed by atoms with Crippen LogP contribution >= 0.6 is 0 Å². The highest BCUT2D eigenvalue weighted by Gasteiger charge is 2.22. The molecule has 5 heteroatoms. The van der Waals surface area contributed by atoms with E-state index in [2.05, 4.69) is 12.1 Å². The number of aromatic nitrogens is 4. The van der Waals surface area contributed by atoms with Crippen molar-refractivity contribution in [2.75, 3.05) is 0 Å². The molecule has 0 saturated heterocycles. The molecule has 234 valence electrons. The van der Waals surface area contributed by atoms with Crippen LogP contribution in [0.5, 0.6) is 0 Å². The molecule has 0 aliphatic heterocycles. The molecule has 0 N–H and O–H groups in total. The molecule has 0 saturated carbocycles. The Morgan fingerprint density at radius 2 is 0.940 bits per heavy atom. The van der Waals surface area contributed by atoms with E-state index in [0.29, 0.717) is 50.7 Å². The second kappa shape index (κ2) is 11.4. The summed E-state index contributed by atoms with van der Waals surface area (Å²) in [7, 11) is 0. The van der Waals surface area contributed by atoms with Gasteiger partial charge >= 0.3 is 0 Å². The second-order valence-electron chi connectivity index (χ2n) is 11.8. The van der Waals surface area contributed by atoms with Crippen LogP contribution < -0.4 is 0 Å². The molecule has 0 aliphatic carbocycles. The van der Waals surface area contributed by atoms with Crippen molar-refractivity contribution in [1.29, 1.82) is 0 Å². The molecule has 10 aromatic rings. The smallest absolute Gasteiger partial charge is 0.164 e. The molecular formula is C45H28N4O. The van der Waals surface area contributed by atoms with Crippen molar-refractivity contribution < 1.29 is 15.4 Å². The number of furan rings is 1. The van der Waals surface area contributed by atoms with Crippen molar-refractivity contribution in [2.45, 2.75) is 0 Å². The Bertz CT molecular complexity index is 3240. The minimum atomic E-state index is -0.507. The van der Waals surface area contributed by atoms with Gasteiger partial charge in [-0.25, -0.2) is 15.0 Å². The van der Waals surface area contributed by atoms with Gasteiger partial charge in [0.15, 0.2) is 17.5 Å². The molecule has 0 radical (unpaired) electrons. The lowest BCUT2D eigenvalue weighted by atomic mass is 10.0. The first kappa shape index (κ1) is 21.2. The average molecular weight is 649 g/mol. The summed E-state index contributed by atoms with van der Waals surface area (Å²) >= 11 is 0. The quantitative estimate of drug-likeness (QED) is 0.186. The largest absolute Gasteiger partial charge is 0.456 e. The van der Waals surface area contributed by atoms with E-state index in [1.165, 1.54) is 4.57 Å². The van der Waals surface area contributed by atoms with Gasteiger partial charge in [0.05, 0.1) is 33.1 Å². The number of benzene rings is 7. The Morgan fingerprint density at radius 1 is 0.440 bits per heavy atom. The Kier molecular flexibility index (Phi) is 4.83. The SMILES string of the molecule is [2H]c1c([2H])c([2H])c2c(c1[2H])c1c([2H])c([2H])c([2H])c([2H])c1n2-c1cccc2oc3cccc(-c4nc(-c5ccccc5)nc(-c5ccc(-c6ccccc6)cc5)n4)c3c12. The fraction of sp³-hybridized carbons (Fsp3) is 0. The van der Waals surface area contributed by atoms with Crippen LogP contribution in [0.4, 0.5) is 0 Å². The highest BCUT2D eigenvalue weighted by atomic mass is 16.3. The average Bonchev–Trinajstić information content (AvgIpc) is 3.84. The van der Waals surface area contributed by atoms with E-state index in [4.69, 9.17) is 30.3 Å². The van der Waals surface area contributed by atoms with Gasteiger partial charge in [0.25, 0.3) is 0 Å². The standard InChI is InChI=1S/C45H28N4O/c1-3-13-29(14-4-1)30-25-27-32(28-26-30)44-46-43(31-15-5-2-6-16-31)47-45(48-44)35-19-11-23-39-41(35)42-38(22-12-24-40(42)50-39)49-36-20-9-7-17-33(36)34-18-8-10-21-37(34)49/h1-28H/i7D,8D,9D,10D,17D,18D,20D,21D. The van der Waals surface area contributed by atoms with Crippen LogP contribution in [0.25, 0.3) is 94.7 Å². The normalized spacial score (nSPS) is 13.8. The van der Waals surface area contributed by atoms with E-state index < -0.39 is 36.3 Å². The summed E-state index contributed by atoms with van der Waals surface area (Å²) in [6, 6.07) is 34.9. The van der Waals surface area contributed by atoms with Crippen molar-refractivity contribution in [3.8, 4) is 51.0 Å². The van der Waals surface area contributed by atoms with Gasteiger partial charge in [-0.1, -0.05) is 139 Å². The number of rotatable bonds is 5. The van der Waals surface area contributed by atoms with Gasteiger partial charge in [-0.3, -0.25) is 0 Å². The summed E-state index contributed by atoms with van der Waals surface area (Å²) in [5.41, 5.74) is 5.61. The Balaban J connectivity index is 1.28. The topological polar surface area (TPSA) is 56.7 Å². The van der Waals surface area contributed by atoms with Crippen molar-refractivity contribution in [3.63, 3.8) is 0 Å². The zero-order chi connectivity index (χ0) is 40.0. The van der Waals surface area contributed by atoms with E-state index in [0.717, 1.165) is 22.3 Å². The predicted octanol–water partition coefficient (Wildman–Crippen LogP) is 11.5. The van der Waals surface area contributed by atoms with E-state index in [1.54, 1.807) is 18.2 Å². The molecular weight excluding hydrogens is 613 g/mol. The molecule has 0 amide bonds. The van der Waals surface area contributed by atoms with Crippen LogP contribution in [-0.2, 0) is 0 Å². The molecule has 7 aromatic carbocycles. The first-order valence-electron chi connectivity index (χ1n) is 20.1. The number of nitrogens with zero attached hydrogens (tertiary/aromatic N) is 4. The van der Waals surface area contributed by atoms with E-state index in [1.807, 2.05) is 91.0 Å². The highest BCUT2D eigenvalue weighted by molar-refractivity contribution is 6.17. The monoisotopic (exact) mass is 648 g/mol. The van der Waals surface area contributed by atoms with Gasteiger partial charge in [-0.05, 0) is 41.4 Å². The van der Waals surface area contributed by atoms with Crippen molar-refractivity contribution in [1.82, 2.24) is 19.5 Å². The second-order valence-corrected chi connectivity index (χ2v) is 11.8. The third kappa shape index (κ3) is 4.52. The van der Waals surface area contributed by atoms with Crippen LogP contribution in [0.3, 0.4) is 0 Å². The van der Waals surface area contributed by atoms with Crippen molar-refractivity contribution >= 4 is 43.7 Å². The number of fused-ring (bicyclic) bond motifs is 6. The number of para-hydroxylation sites is 2. The molecule has 0 atom stereocenters. The summed E-state index contributed by atoms with van der Waals surface area (Å²) in [4.78, 5) is 15.0. The molecule has 50 heavy (non-hydrogen) atoms. The van der Waals surface area contributed by atoms with Crippen LogP contribution in [-0.4, -0.2) is 19.5 Å². The summed E-state index contributed by atoms with van der Waals surface area (Å²) in [6.45, 7) is 0. The van der Waals surface area contributed by atoms with E-state index in [-0.39, 0.29) is 33.9 Å². The molecule has 0 unspecified atom stereocenters. The third-order valence-electron chi connectivity index (χ3n) is 8.93. The van der Waals surface area contributed by atoms with Crippen LogP contribution in [0.15, 0.2) is 174 Å². The lowest BCUT2D eigenvalue weighted by Crippen LogP contribution is -2.00. The van der Waals surface area contributed by atoms with Gasteiger partial charge in [0.1, 0.15) is 11.2 Å².